The van der Waals surface area contributed by atoms with Gasteiger partial charge in [-0.05, 0) is 20.8 Å². The van der Waals surface area contributed by atoms with Crippen molar-refractivity contribution < 1.29 is 27.4 Å². The molecule has 4 N–H and O–H groups in total. The van der Waals surface area contributed by atoms with Gasteiger partial charge in [0.2, 0.25) is 0 Å². The second-order valence-electron chi connectivity index (χ2n) is 2.35. The van der Waals surface area contributed by atoms with Crippen LogP contribution in [0.25, 0.3) is 0 Å². The van der Waals surface area contributed by atoms with Crippen LogP contribution in [0.4, 0.5) is 0 Å². The molecule has 0 amide bonds. The maximum Gasteiger partial charge on any atom is 0.397 e. The van der Waals surface area contributed by atoms with Crippen LogP contribution in [0.15, 0.2) is 0 Å². The highest BCUT2D eigenvalue weighted by atomic mass is 32.3. The first-order valence-electron chi connectivity index (χ1n) is 3.93. The van der Waals surface area contributed by atoms with E-state index < -0.39 is 22.9 Å². The molecule has 8 heteroatoms. The summed E-state index contributed by atoms with van der Waals surface area (Å²) in [6.07, 6.45) is -1.25. The van der Waals surface area contributed by atoms with Crippen LogP contribution in [0.1, 0.15) is 20.8 Å². The average molecular weight is 231 g/mol. The van der Waals surface area contributed by atoms with Gasteiger partial charge in [-0.3, -0.25) is 9.87 Å². The van der Waals surface area contributed by atoms with Gasteiger partial charge in [-0.2, -0.15) is 8.42 Å². The largest absolute Gasteiger partial charge is 0.397 e. The van der Waals surface area contributed by atoms with E-state index in [2.05, 4.69) is 9.50 Å². The highest BCUT2D eigenvalue weighted by Gasteiger charge is 1.98. The van der Waals surface area contributed by atoms with Gasteiger partial charge in [-0.15, -0.1) is 0 Å². The van der Waals surface area contributed by atoms with E-state index >= 15 is 0 Å². The molecular weight excluding hydrogens is 214 g/mol. The third-order valence-electron chi connectivity index (χ3n) is 0.749. The minimum Gasteiger partial charge on any atom is -0.379 e. The van der Waals surface area contributed by atoms with Gasteiger partial charge >= 0.3 is 10.4 Å². The first-order valence-corrected chi connectivity index (χ1v) is 5.29. The van der Waals surface area contributed by atoms with Crippen molar-refractivity contribution in [2.75, 3.05) is 6.61 Å². The van der Waals surface area contributed by atoms with Crippen molar-refractivity contribution in [3.63, 3.8) is 0 Å². The van der Waals surface area contributed by atoms with Crippen LogP contribution >= 0.6 is 0 Å². The molecule has 2 atom stereocenters. The Hall–Kier alpha value is -0.250. The fraction of sp³-hybridized carbons (Fsp3) is 1.00. The maximum absolute atomic E-state index is 9.56. The van der Waals surface area contributed by atoms with Gasteiger partial charge in [0.25, 0.3) is 0 Å². The van der Waals surface area contributed by atoms with Gasteiger partial charge in [0.1, 0.15) is 12.5 Å². The van der Waals surface area contributed by atoms with E-state index in [-0.39, 0.29) is 6.61 Å². The molecule has 0 radical (unpaired) electrons. The Morgan fingerprint density at radius 2 is 1.64 bits per heavy atom. The molecule has 0 bridgehead atoms. The summed E-state index contributed by atoms with van der Waals surface area (Å²) in [4.78, 5) is 0. The maximum atomic E-state index is 9.56. The highest BCUT2D eigenvalue weighted by molar-refractivity contribution is 7.80. The van der Waals surface area contributed by atoms with Crippen LogP contribution in [0, 0.1) is 0 Å². The molecule has 0 aromatic rings. The summed E-state index contributed by atoms with van der Waals surface area (Å²) in [6, 6.07) is 0. The second kappa shape index (κ2) is 8.09. The van der Waals surface area contributed by atoms with E-state index in [0.717, 1.165) is 0 Å². The number of hydrogen-bond acceptors (Lipinski definition) is 6. The van der Waals surface area contributed by atoms with Gasteiger partial charge < -0.3 is 10.2 Å². The number of hydrogen-bond donors (Lipinski definition) is 4. The zero-order valence-corrected chi connectivity index (χ0v) is 9.15. The van der Waals surface area contributed by atoms with E-state index in [0.29, 0.717) is 0 Å². The van der Waals surface area contributed by atoms with Gasteiger partial charge in [0, 0.05) is 0 Å². The molecule has 0 aliphatic rings. The van der Waals surface area contributed by atoms with E-state index in [1.165, 1.54) is 6.92 Å². The summed E-state index contributed by atoms with van der Waals surface area (Å²) >= 11 is 0. The summed E-state index contributed by atoms with van der Waals surface area (Å²) in [7, 11) is -4.17. The van der Waals surface area contributed by atoms with Crippen LogP contribution in [0.5, 0.6) is 0 Å². The van der Waals surface area contributed by atoms with Crippen LogP contribution in [-0.4, -0.2) is 42.2 Å². The molecule has 14 heavy (non-hydrogen) atoms. The van der Waals surface area contributed by atoms with Crippen molar-refractivity contribution in [1.29, 1.82) is 0 Å². The smallest absolute Gasteiger partial charge is 0.379 e. The van der Waals surface area contributed by atoms with Crippen molar-refractivity contribution in [3.8, 4) is 0 Å². The first-order chi connectivity index (χ1) is 6.19. The summed E-state index contributed by atoms with van der Waals surface area (Å²) in [6.45, 7) is 4.53. The molecular formula is C6H17NO6S. The third kappa shape index (κ3) is 22.6. The lowest BCUT2D eigenvalue weighted by Crippen LogP contribution is -2.33. The number of aliphatic hydroxyl groups is 2. The monoisotopic (exact) mass is 231 g/mol. The van der Waals surface area contributed by atoms with Crippen molar-refractivity contribution in [1.82, 2.24) is 5.32 Å². The Bertz CT molecular complexity index is 206. The quantitative estimate of drug-likeness (QED) is 0.365. The topological polar surface area (TPSA) is 116 Å². The van der Waals surface area contributed by atoms with Crippen molar-refractivity contribution in [2.24, 2.45) is 0 Å². The van der Waals surface area contributed by atoms with E-state index in [4.69, 9.17) is 14.8 Å². The zero-order chi connectivity index (χ0) is 11.8. The van der Waals surface area contributed by atoms with Gasteiger partial charge in [0.05, 0.1) is 6.61 Å². The van der Waals surface area contributed by atoms with Crippen LogP contribution in [0.3, 0.4) is 0 Å². The SMILES string of the molecule is CC(O)NC(C)O.CCOS(=O)(=O)O. The van der Waals surface area contributed by atoms with E-state index in [9.17, 15) is 8.42 Å². The van der Waals surface area contributed by atoms with Gasteiger partial charge in [-0.1, -0.05) is 0 Å². The number of nitrogens with one attached hydrogen (secondary N) is 1. The average Bonchev–Trinajstić information content (AvgIpc) is 1.80. The fourth-order valence-electron chi connectivity index (χ4n) is 0.498. The van der Waals surface area contributed by atoms with Crippen LogP contribution in [0.2, 0.25) is 0 Å². The molecule has 0 heterocycles. The normalized spacial score (nSPS) is 15.3. The second-order valence-corrected chi connectivity index (χ2v) is 3.44. The lowest BCUT2D eigenvalue weighted by Gasteiger charge is -2.08. The van der Waals surface area contributed by atoms with Crippen molar-refractivity contribution >= 4 is 10.4 Å². The molecule has 0 aromatic heterocycles. The third-order valence-corrected chi connectivity index (χ3v) is 1.28. The lowest BCUT2D eigenvalue weighted by molar-refractivity contribution is 0.0632. The van der Waals surface area contributed by atoms with Gasteiger partial charge in [-0.25, -0.2) is 4.18 Å². The summed E-state index contributed by atoms with van der Waals surface area (Å²) in [5, 5.41) is 19.3. The Morgan fingerprint density at radius 1 is 1.29 bits per heavy atom. The molecule has 0 saturated carbocycles. The predicted octanol–water partition coefficient (Wildman–Crippen LogP) is -0.922. The Balaban J connectivity index is 0. The van der Waals surface area contributed by atoms with E-state index in [1.807, 2.05) is 0 Å². The summed E-state index contributed by atoms with van der Waals surface area (Å²) in [5.74, 6) is 0. The molecule has 88 valence electrons. The molecule has 0 aliphatic heterocycles. The molecule has 2 unspecified atom stereocenters. The van der Waals surface area contributed by atoms with Gasteiger partial charge in [0.15, 0.2) is 0 Å². The molecule has 7 nitrogen and oxygen atoms in total. The van der Waals surface area contributed by atoms with Crippen LogP contribution < -0.4 is 5.32 Å². The van der Waals surface area contributed by atoms with Crippen molar-refractivity contribution in [2.45, 2.75) is 33.2 Å². The fourth-order valence-corrected chi connectivity index (χ4v) is 0.796. The highest BCUT2D eigenvalue weighted by Crippen LogP contribution is 1.81. The minimum atomic E-state index is -4.17. The molecule has 0 aromatic carbocycles. The summed E-state index contributed by atoms with van der Waals surface area (Å²) < 4.78 is 30.7. The predicted molar refractivity (Wildman–Crippen MR) is 49.7 cm³/mol. The molecule has 0 saturated heterocycles. The zero-order valence-electron chi connectivity index (χ0n) is 8.34. The summed E-state index contributed by atoms with van der Waals surface area (Å²) in [5.41, 5.74) is 0. The molecule has 0 fully saturated rings. The molecule has 0 aliphatic carbocycles. The Morgan fingerprint density at radius 3 is 1.64 bits per heavy atom. The molecule has 0 spiro atoms. The molecule has 0 rings (SSSR count). The lowest BCUT2D eigenvalue weighted by atomic mass is 10.6. The standard InChI is InChI=1S/C4H11NO2.C2H6O4S/c1-3(6)5-4(2)7;1-2-6-7(3,4)5/h3-7H,1-2H3;2H2,1H3,(H,3,4,5). The van der Waals surface area contributed by atoms with Crippen molar-refractivity contribution in [3.05, 3.63) is 0 Å². The first kappa shape index (κ1) is 16.2. The number of rotatable bonds is 4. The van der Waals surface area contributed by atoms with E-state index in [1.54, 1.807) is 13.8 Å². The Kier molecular flexibility index (Phi) is 9.36. The minimum absolute atomic E-state index is 0.0289. The Labute approximate surface area is 83.7 Å². The van der Waals surface area contributed by atoms with Crippen LogP contribution in [-0.2, 0) is 14.6 Å². The number of aliphatic hydroxyl groups excluding tert-OH is 2.